The second-order valence-electron chi connectivity index (χ2n) is 5.72. The van der Waals surface area contributed by atoms with E-state index in [0.717, 1.165) is 12.1 Å². The smallest absolute Gasteiger partial charge is 0.300 e. The van der Waals surface area contributed by atoms with Gasteiger partial charge >= 0.3 is 6.18 Å². The van der Waals surface area contributed by atoms with Gasteiger partial charge in [0.1, 0.15) is 10.6 Å². The summed E-state index contributed by atoms with van der Waals surface area (Å²) in [6.07, 6.45) is -3.08. The second-order valence-corrected chi connectivity index (χ2v) is 6.98. The summed E-state index contributed by atoms with van der Waals surface area (Å²) in [5.74, 6) is -0.0740. The molecule has 3 rings (SSSR count). The number of aryl methyl sites for hydroxylation is 1. The summed E-state index contributed by atoms with van der Waals surface area (Å²) < 4.78 is 40.6. The molecule has 0 saturated heterocycles. The standard InChI is InChI=1S/C17H12ClF3N2O2S/c1-9(24)4-5-23-8-22-15-14(16(23)25)11(7-26-15)10-2-3-13(18)12(6-10)17(19,20)21/h2-3,6-8H,4-5H2,1H3. The first-order valence-electron chi connectivity index (χ1n) is 7.51. The predicted octanol–water partition coefficient (Wildman–Crippen LogP) is 4.78. The average Bonchev–Trinajstić information content (AvgIpc) is 2.98. The molecule has 0 aliphatic carbocycles. The molecule has 0 atom stereocenters. The van der Waals surface area contributed by atoms with E-state index < -0.39 is 22.3 Å². The minimum Gasteiger partial charge on any atom is -0.300 e. The van der Waals surface area contributed by atoms with Crippen LogP contribution >= 0.6 is 22.9 Å². The van der Waals surface area contributed by atoms with Gasteiger partial charge in [0.25, 0.3) is 5.56 Å². The summed E-state index contributed by atoms with van der Waals surface area (Å²) in [4.78, 5) is 28.5. The maximum absolute atomic E-state index is 13.1. The number of rotatable bonds is 4. The lowest BCUT2D eigenvalue weighted by atomic mass is 10.0. The Morgan fingerprint density at radius 1 is 1.35 bits per heavy atom. The zero-order valence-electron chi connectivity index (χ0n) is 13.4. The van der Waals surface area contributed by atoms with Crippen LogP contribution in [0.5, 0.6) is 0 Å². The van der Waals surface area contributed by atoms with Crippen LogP contribution in [-0.4, -0.2) is 15.3 Å². The summed E-state index contributed by atoms with van der Waals surface area (Å²) >= 11 is 6.83. The van der Waals surface area contributed by atoms with Crippen molar-refractivity contribution < 1.29 is 18.0 Å². The van der Waals surface area contributed by atoms with Crippen LogP contribution in [0.15, 0.2) is 34.7 Å². The molecule has 0 spiro atoms. The lowest BCUT2D eigenvalue weighted by molar-refractivity contribution is -0.137. The monoisotopic (exact) mass is 400 g/mol. The van der Waals surface area contributed by atoms with E-state index >= 15 is 0 Å². The second kappa shape index (κ2) is 6.85. The fraction of sp³-hybridized carbons (Fsp3) is 0.235. The molecular formula is C17H12ClF3N2O2S. The summed E-state index contributed by atoms with van der Waals surface area (Å²) in [6.45, 7) is 1.58. The number of carbonyl (C=O) groups is 1. The number of nitrogens with zero attached hydrogens (tertiary/aromatic N) is 2. The fourth-order valence-corrected chi connectivity index (χ4v) is 3.66. The fourth-order valence-electron chi connectivity index (χ4n) is 2.53. The van der Waals surface area contributed by atoms with E-state index in [0.29, 0.717) is 10.4 Å². The van der Waals surface area contributed by atoms with E-state index in [4.69, 9.17) is 11.6 Å². The molecule has 2 aromatic heterocycles. The highest BCUT2D eigenvalue weighted by atomic mass is 35.5. The van der Waals surface area contributed by atoms with Crippen molar-refractivity contribution in [3.05, 3.63) is 50.8 Å². The summed E-state index contributed by atoms with van der Waals surface area (Å²) in [5, 5.41) is 1.42. The molecule has 26 heavy (non-hydrogen) atoms. The van der Waals surface area contributed by atoms with Gasteiger partial charge in [0, 0.05) is 23.9 Å². The van der Waals surface area contributed by atoms with Gasteiger partial charge in [-0.3, -0.25) is 14.2 Å². The van der Waals surface area contributed by atoms with Crippen LogP contribution in [0.1, 0.15) is 18.9 Å². The molecule has 4 nitrogen and oxygen atoms in total. The van der Waals surface area contributed by atoms with Crippen LogP contribution in [-0.2, 0) is 17.5 Å². The van der Waals surface area contributed by atoms with Gasteiger partial charge in [0.15, 0.2) is 0 Å². The highest BCUT2D eigenvalue weighted by Gasteiger charge is 2.33. The molecule has 0 N–H and O–H groups in total. The largest absolute Gasteiger partial charge is 0.417 e. The van der Waals surface area contributed by atoms with Gasteiger partial charge in [-0.15, -0.1) is 11.3 Å². The normalized spacial score (nSPS) is 11.9. The number of carbonyl (C=O) groups excluding carboxylic acids is 1. The maximum atomic E-state index is 13.1. The number of ketones is 1. The lowest BCUT2D eigenvalue weighted by Gasteiger charge is -2.11. The number of thiophene rings is 1. The third-order valence-electron chi connectivity index (χ3n) is 3.85. The van der Waals surface area contributed by atoms with Crippen molar-refractivity contribution in [2.75, 3.05) is 0 Å². The molecule has 0 aliphatic heterocycles. The Labute approximate surface area is 154 Å². The Balaban J connectivity index is 2.16. The minimum atomic E-state index is -4.60. The average molecular weight is 401 g/mol. The first kappa shape index (κ1) is 18.6. The number of halogens is 4. The van der Waals surface area contributed by atoms with Crippen molar-refractivity contribution in [1.29, 1.82) is 0 Å². The number of hydrogen-bond acceptors (Lipinski definition) is 4. The highest BCUT2D eigenvalue weighted by Crippen LogP contribution is 2.39. The Bertz CT molecular complexity index is 1060. The van der Waals surface area contributed by atoms with E-state index in [2.05, 4.69) is 4.98 Å². The molecule has 0 bridgehead atoms. The van der Waals surface area contributed by atoms with Crippen molar-refractivity contribution >= 4 is 38.9 Å². The van der Waals surface area contributed by atoms with Gasteiger partial charge in [-0.1, -0.05) is 17.7 Å². The van der Waals surface area contributed by atoms with Crippen LogP contribution in [0, 0.1) is 0 Å². The molecule has 136 valence electrons. The van der Waals surface area contributed by atoms with Crippen molar-refractivity contribution in [3.63, 3.8) is 0 Å². The van der Waals surface area contributed by atoms with E-state index in [1.54, 1.807) is 5.38 Å². The van der Waals surface area contributed by atoms with Gasteiger partial charge < -0.3 is 0 Å². The van der Waals surface area contributed by atoms with Gasteiger partial charge in [-0.2, -0.15) is 13.2 Å². The molecule has 0 saturated carbocycles. The maximum Gasteiger partial charge on any atom is 0.417 e. The third-order valence-corrected chi connectivity index (χ3v) is 5.06. The van der Waals surface area contributed by atoms with Crippen LogP contribution in [0.3, 0.4) is 0 Å². The number of aromatic nitrogens is 2. The van der Waals surface area contributed by atoms with E-state index in [-0.39, 0.29) is 29.7 Å². The molecule has 9 heteroatoms. The molecule has 2 heterocycles. The van der Waals surface area contributed by atoms with Crippen molar-refractivity contribution in [3.8, 4) is 11.1 Å². The topological polar surface area (TPSA) is 52.0 Å². The van der Waals surface area contributed by atoms with Crippen molar-refractivity contribution in [2.45, 2.75) is 26.1 Å². The first-order valence-corrected chi connectivity index (χ1v) is 8.77. The molecule has 0 radical (unpaired) electrons. The number of alkyl halides is 3. The number of benzene rings is 1. The van der Waals surface area contributed by atoms with Crippen LogP contribution < -0.4 is 5.56 Å². The Morgan fingerprint density at radius 3 is 2.73 bits per heavy atom. The SMILES string of the molecule is CC(=O)CCn1cnc2scc(-c3ccc(Cl)c(C(F)(F)F)c3)c2c1=O. The third kappa shape index (κ3) is 3.52. The Kier molecular flexibility index (Phi) is 4.90. The summed E-state index contributed by atoms with van der Waals surface area (Å²) in [6, 6.07) is 3.52. The predicted molar refractivity (Wildman–Crippen MR) is 94.6 cm³/mol. The van der Waals surface area contributed by atoms with Gasteiger partial charge in [0.05, 0.1) is 22.3 Å². The summed E-state index contributed by atoms with van der Waals surface area (Å²) in [5.41, 5.74) is -0.758. The molecule has 0 amide bonds. The quantitative estimate of drug-likeness (QED) is 0.633. The molecular weight excluding hydrogens is 389 g/mol. The van der Waals surface area contributed by atoms with Crippen LogP contribution in [0.2, 0.25) is 5.02 Å². The molecule has 1 aromatic carbocycles. The van der Waals surface area contributed by atoms with E-state index in [1.165, 1.54) is 35.2 Å². The Hall–Kier alpha value is -2.19. The molecule has 0 aliphatic rings. The zero-order chi connectivity index (χ0) is 19.1. The lowest BCUT2D eigenvalue weighted by Crippen LogP contribution is -2.21. The number of fused-ring (bicyclic) bond motifs is 1. The minimum absolute atomic E-state index is 0.0740. The van der Waals surface area contributed by atoms with Crippen LogP contribution in [0.25, 0.3) is 21.3 Å². The zero-order valence-corrected chi connectivity index (χ0v) is 15.0. The van der Waals surface area contributed by atoms with Crippen molar-refractivity contribution in [2.24, 2.45) is 0 Å². The van der Waals surface area contributed by atoms with Gasteiger partial charge in [-0.05, 0) is 24.6 Å². The molecule has 0 unspecified atom stereocenters. The van der Waals surface area contributed by atoms with Gasteiger partial charge in [0.2, 0.25) is 0 Å². The Morgan fingerprint density at radius 2 is 2.08 bits per heavy atom. The summed E-state index contributed by atoms with van der Waals surface area (Å²) in [7, 11) is 0. The van der Waals surface area contributed by atoms with Crippen LogP contribution in [0.4, 0.5) is 13.2 Å². The van der Waals surface area contributed by atoms with E-state index in [1.807, 2.05) is 0 Å². The van der Waals surface area contributed by atoms with E-state index in [9.17, 15) is 22.8 Å². The van der Waals surface area contributed by atoms with Gasteiger partial charge in [-0.25, -0.2) is 4.98 Å². The first-order chi connectivity index (χ1) is 12.2. The highest BCUT2D eigenvalue weighted by molar-refractivity contribution is 7.17. The number of Topliss-reactive ketones (excluding diaryl/α,β-unsaturated/α-hetero) is 1. The van der Waals surface area contributed by atoms with Crippen molar-refractivity contribution in [1.82, 2.24) is 9.55 Å². The molecule has 3 aromatic rings. The number of hydrogen-bond donors (Lipinski definition) is 0. The molecule has 0 fully saturated rings.